The number of aromatic nitrogens is 3. The van der Waals surface area contributed by atoms with Crippen LogP contribution in [0.3, 0.4) is 0 Å². The van der Waals surface area contributed by atoms with Crippen molar-refractivity contribution >= 4 is 53.1 Å². The molecule has 2 atom stereocenters. The van der Waals surface area contributed by atoms with Crippen LogP contribution in [0.5, 0.6) is 0 Å². The lowest BCUT2D eigenvalue weighted by atomic mass is 9.91. The number of amides is 1. The second kappa shape index (κ2) is 10.4. The smallest absolute Gasteiger partial charge is 0.407 e. The van der Waals surface area contributed by atoms with E-state index >= 15 is 0 Å². The molecule has 0 spiro atoms. The van der Waals surface area contributed by atoms with Crippen molar-refractivity contribution in [2.75, 3.05) is 5.32 Å². The minimum atomic E-state index is -0.723. The number of hydrogen-bond acceptors (Lipinski definition) is 6. The van der Waals surface area contributed by atoms with E-state index in [9.17, 15) is 18.0 Å². The molecule has 0 aliphatic heterocycles. The van der Waals surface area contributed by atoms with E-state index in [1.807, 2.05) is 21.2 Å². The van der Waals surface area contributed by atoms with Gasteiger partial charge in [-0.2, -0.15) is 0 Å². The Labute approximate surface area is 217 Å². The van der Waals surface area contributed by atoms with Crippen LogP contribution in [0, 0.1) is 17.5 Å². The first kappa shape index (κ1) is 25.9. The summed E-state index contributed by atoms with van der Waals surface area (Å²) in [5, 5.41) is 6.30. The Kier molecular flexibility index (Phi) is 7.69. The first-order chi connectivity index (χ1) is 16.5. The second-order valence-corrected chi connectivity index (χ2v) is 11.2. The molecule has 1 aromatic carbocycles. The number of halogens is 4. The van der Waals surface area contributed by atoms with Gasteiger partial charge in [-0.25, -0.2) is 27.9 Å². The number of anilines is 1. The zero-order chi connectivity index (χ0) is 25.3. The van der Waals surface area contributed by atoms with E-state index in [0.717, 1.165) is 31.5 Å². The fourth-order valence-corrected chi connectivity index (χ4v) is 5.53. The first-order valence-electron chi connectivity index (χ1n) is 11.1. The van der Waals surface area contributed by atoms with Crippen LogP contribution < -0.4 is 10.6 Å². The van der Waals surface area contributed by atoms with Crippen LogP contribution in [-0.2, 0) is 4.74 Å². The van der Waals surface area contributed by atoms with Crippen LogP contribution in [0.15, 0.2) is 24.5 Å². The third-order valence-electron chi connectivity index (χ3n) is 5.58. The minimum Gasteiger partial charge on any atom is -0.444 e. The zero-order valence-corrected chi connectivity index (χ0v) is 22.3. The fraction of sp³-hybridized carbons (Fsp3) is 0.435. The van der Waals surface area contributed by atoms with Crippen LogP contribution in [0.2, 0.25) is 0 Å². The summed E-state index contributed by atoms with van der Waals surface area (Å²) in [5.41, 5.74) is -0.00734. The number of alkyl carbamates (subject to hydrolysis) is 1. The maximum absolute atomic E-state index is 14.6. The summed E-state index contributed by atoms with van der Waals surface area (Å²) in [6.45, 7) is 5.39. The summed E-state index contributed by atoms with van der Waals surface area (Å²) < 4.78 is 50.0. The van der Waals surface area contributed by atoms with Crippen molar-refractivity contribution in [3.8, 4) is 11.4 Å². The maximum atomic E-state index is 14.6. The van der Waals surface area contributed by atoms with Crippen LogP contribution >= 0.6 is 30.3 Å². The molecule has 1 amide bonds. The molecule has 3 aromatic rings. The molecule has 188 valence electrons. The van der Waals surface area contributed by atoms with E-state index in [2.05, 4.69) is 20.6 Å². The van der Waals surface area contributed by atoms with Crippen LogP contribution in [0.1, 0.15) is 46.5 Å². The highest BCUT2D eigenvalue weighted by atomic mass is 127. The molecule has 2 N–H and O–H groups in total. The molecule has 1 aliphatic rings. The van der Waals surface area contributed by atoms with Gasteiger partial charge in [0, 0.05) is 65.6 Å². The van der Waals surface area contributed by atoms with E-state index in [-0.39, 0.29) is 29.2 Å². The molecule has 0 radical (unpaired) electrons. The Morgan fingerprint density at radius 3 is 2.66 bits per heavy atom. The third-order valence-corrected chi connectivity index (χ3v) is 7.29. The van der Waals surface area contributed by atoms with Gasteiger partial charge in [-0.3, -0.25) is 3.97 Å². The molecule has 2 unspecified atom stereocenters. The van der Waals surface area contributed by atoms with Gasteiger partial charge >= 0.3 is 6.09 Å². The number of hydrogen-bond donors (Lipinski definition) is 2. The van der Waals surface area contributed by atoms with Crippen molar-refractivity contribution in [1.29, 1.82) is 0 Å². The van der Waals surface area contributed by atoms with Crippen LogP contribution in [0.4, 0.5) is 23.8 Å². The molecule has 35 heavy (non-hydrogen) atoms. The molecule has 1 saturated carbocycles. The molecule has 0 bridgehead atoms. The summed E-state index contributed by atoms with van der Waals surface area (Å²) in [4.78, 5) is 20.6. The molecule has 1 aliphatic carbocycles. The lowest BCUT2D eigenvalue weighted by Gasteiger charge is -2.31. The standard InChI is InChI=1S/C23H25F3IN5O2S/c1-23(2,3)34-22(33)30-14-6-4-5-13(9-14)29-21-18(26)10-28-20(31-21)16-11-32(35-27)19-15(16)7-12(24)8-17(19)25/h7-8,10-11,13-14H,4-6,9H2,1-3H3,(H,30,33)(H,28,29,31). The number of nitrogens with one attached hydrogen (secondary N) is 2. The van der Waals surface area contributed by atoms with Crippen molar-refractivity contribution in [3.05, 3.63) is 42.0 Å². The molecule has 7 nitrogen and oxygen atoms in total. The summed E-state index contributed by atoms with van der Waals surface area (Å²) in [5.74, 6) is -1.93. The summed E-state index contributed by atoms with van der Waals surface area (Å²) in [7, 11) is 1.21. The average Bonchev–Trinajstić information content (AvgIpc) is 3.13. The number of carbonyl (C=O) groups excluding carboxylic acids is 1. The molecule has 2 heterocycles. The Balaban J connectivity index is 1.55. The molecular formula is C23H25F3IN5O2S. The average molecular weight is 619 g/mol. The molecule has 4 rings (SSSR count). The molecule has 1 fully saturated rings. The third kappa shape index (κ3) is 6.13. The monoisotopic (exact) mass is 619 g/mol. The van der Waals surface area contributed by atoms with Crippen molar-refractivity contribution in [2.45, 2.75) is 64.1 Å². The maximum Gasteiger partial charge on any atom is 0.407 e. The normalized spacial score (nSPS) is 18.5. The second-order valence-electron chi connectivity index (χ2n) is 9.46. The summed E-state index contributed by atoms with van der Waals surface area (Å²) >= 11 is 1.99. The predicted octanol–water partition coefficient (Wildman–Crippen LogP) is 6.61. The number of benzene rings is 1. The van der Waals surface area contributed by atoms with Gasteiger partial charge in [0.1, 0.15) is 11.4 Å². The molecular weight excluding hydrogens is 594 g/mol. The van der Waals surface area contributed by atoms with Gasteiger partial charge in [0.15, 0.2) is 23.3 Å². The minimum absolute atomic E-state index is 0.00202. The zero-order valence-electron chi connectivity index (χ0n) is 19.4. The summed E-state index contributed by atoms with van der Waals surface area (Å²) in [6.07, 6.45) is 5.12. The first-order valence-corrected chi connectivity index (χ1v) is 14.4. The van der Waals surface area contributed by atoms with E-state index < -0.39 is 29.1 Å². The SMILES string of the molecule is CC(C)(C)OC(=O)NC1CCCC(Nc2nc(-c3cn(SI)c4c(F)cc(F)cc34)ncc2F)C1. The van der Waals surface area contributed by atoms with Gasteiger partial charge in [0.2, 0.25) is 0 Å². The molecule has 0 saturated heterocycles. The van der Waals surface area contributed by atoms with Gasteiger partial charge in [0.05, 0.1) is 11.7 Å². The van der Waals surface area contributed by atoms with E-state index in [1.54, 1.807) is 30.9 Å². The van der Waals surface area contributed by atoms with Crippen molar-refractivity contribution in [1.82, 2.24) is 19.3 Å². The van der Waals surface area contributed by atoms with Gasteiger partial charge < -0.3 is 15.4 Å². The van der Waals surface area contributed by atoms with Crippen molar-refractivity contribution in [3.63, 3.8) is 0 Å². The lowest BCUT2D eigenvalue weighted by molar-refractivity contribution is 0.0492. The van der Waals surface area contributed by atoms with Gasteiger partial charge in [-0.15, -0.1) is 0 Å². The highest BCUT2D eigenvalue weighted by Gasteiger charge is 2.27. The van der Waals surface area contributed by atoms with Crippen LogP contribution in [0.25, 0.3) is 22.3 Å². The van der Waals surface area contributed by atoms with Gasteiger partial charge in [-0.1, -0.05) is 0 Å². The lowest BCUT2D eigenvalue weighted by Crippen LogP contribution is -2.44. The summed E-state index contributed by atoms with van der Waals surface area (Å²) in [6, 6.07) is 1.77. The van der Waals surface area contributed by atoms with Crippen LogP contribution in [-0.4, -0.2) is 37.7 Å². The van der Waals surface area contributed by atoms with E-state index in [0.29, 0.717) is 17.4 Å². The van der Waals surface area contributed by atoms with Crippen molar-refractivity contribution < 1.29 is 22.7 Å². The number of rotatable bonds is 5. The Morgan fingerprint density at radius 2 is 1.94 bits per heavy atom. The largest absolute Gasteiger partial charge is 0.444 e. The number of ether oxygens (including phenoxy) is 1. The topological polar surface area (TPSA) is 81.1 Å². The van der Waals surface area contributed by atoms with E-state index in [1.165, 1.54) is 15.2 Å². The van der Waals surface area contributed by atoms with Crippen molar-refractivity contribution in [2.24, 2.45) is 0 Å². The van der Waals surface area contributed by atoms with Gasteiger partial charge in [-0.05, 0) is 52.5 Å². The highest BCUT2D eigenvalue weighted by Crippen LogP contribution is 2.36. The Hall–Kier alpha value is -2.22. The number of carbonyl (C=O) groups is 1. The highest BCUT2D eigenvalue weighted by molar-refractivity contribution is 14.2. The van der Waals surface area contributed by atoms with E-state index in [4.69, 9.17) is 4.74 Å². The Bertz CT molecular complexity index is 1250. The Morgan fingerprint density at radius 1 is 1.20 bits per heavy atom. The van der Waals surface area contributed by atoms with Gasteiger partial charge in [0.25, 0.3) is 0 Å². The number of nitrogens with zero attached hydrogens (tertiary/aromatic N) is 3. The predicted molar refractivity (Wildman–Crippen MR) is 139 cm³/mol. The number of fused-ring (bicyclic) bond motifs is 1. The molecule has 12 heteroatoms. The molecule has 2 aromatic heterocycles. The quantitative estimate of drug-likeness (QED) is 0.313. The fourth-order valence-electron chi connectivity index (χ4n) is 4.20.